The minimum Gasteiger partial charge on any atom is -0.377 e. The molecule has 0 amide bonds. The van der Waals surface area contributed by atoms with E-state index < -0.39 is 0 Å². The molecule has 1 aromatic carbocycles. The van der Waals surface area contributed by atoms with Crippen LogP contribution in [0.15, 0.2) is 29.6 Å². The molecule has 0 spiro atoms. The summed E-state index contributed by atoms with van der Waals surface area (Å²) >= 11 is 1.65. The molecule has 0 bridgehead atoms. The average molecular weight is 264 g/mol. The fourth-order valence-electron chi connectivity index (χ4n) is 2.13. The van der Waals surface area contributed by atoms with Gasteiger partial charge in [-0.05, 0) is 25.5 Å². The van der Waals surface area contributed by atoms with Gasteiger partial charge < -0.3 is 4.74 Å². The summed E-state index contributed by atoms with van der Waals surface area (Å²) in [5.41, 5.74) is 0.390. The van der Waals surface area contributed by atoms with E-state index in [0.29, 0.717) is 10.8 Å². The van der Waals surface area contributed by atoms with Gasteiger partial charge in [0.2, 0.25) is 0 Å². The minimum atomic E-state index is -0.299. The second kappa shape index (κ2) is 4.82. The van der Waals surface area contributed by atoms with Crippen LogP contribution in [0.25, 0.3) is 10.9 Å². The monoisotopic (exact) mass is 264 g/mol. The topological polar surface area (TPSA) is 35.0 Å². The molecule has 1 saturated heterocycles. The molecule has 2 unspecified atom stereocenters. The highest BCUT2D eigenvalue weighted by Gasteiger charge is 2.26. The molecule has 18 heavy (non-hydrogen) atoms. The number of para-hydroxylation sites is 1. The molecular weight excluding hydrogens is 251 g/mol. The van der Waals surface area contributed by atoms with Gasteiger partial charge >= 0.3 is 0 Å². The first-order valence-electron chi connectivity index (χ1n) is 5.93. The van der Waals surface area contributed by atoms with Crippen LogP contribution in [0.4, 0.5) is 4.39 Å². The van der Waals surface area contributed by atoms with Gasteiger partial charge in [0.1, 0.15) is 22.7 Å². The number of thioether (sulfide) groups is 1. The van der Waals surface area contributed by atoms with Crippen LogP contribution in [0.3, 0.4) is 0 Å². The van der Waals surface area contributed by atoms with E-state index in [1.165, 1.54) is 12.4 Å². The van der Waals surface area contributed by atoms with E-state index in [9.17, 15) is 4.39 Å². The van der Waals surface area contributed by atoms with Crippen molar-refractivity contribution in [2.75, 3.05) is 6.61 Å². The Bertz CT molecular complexity index is 578. The van der Waals surface area contributed by atoms with E-state index in [0.717, 1.165) is 23.4 Å². The van der Waals surface area contributed by atoms with Crippen molar-refractivity contribution in [1.29, 1.82) is 0 Å². The highest BCUT2D eigenvalue weighted by Crippen LogP contribution is 2.34. The third kappa shape index (κ3) is 2.08. The molecule has 0 N–H and O–H groups in total. The van der Waals surface area contributed by atoms with Gasteiger partial charge in [0.05, 0.1) is 6.10 Å². The summed E-state index contributed by atoms with van der Waals surface area (Å²) in [5, 5.41) is 2.00. The molecule has 5 heteroatoms. The number of rotatable bonds is 2. The summed E-state index contributed by atoms with van der Waals surface area (Å²) < 4.78 is 19.2. The molecule has 1 fully saturated rings. The number of halogens is 1. The van der Waals surface area contributed by atoms with Gasteiger partial charge in [-0.2, -0.15) is 0 Å². The van der Waals surface area contributed by atoms with Crippen LogP contribution in [-0.2, 0) is 4.74 Å². The third-order valence-corrected chi connectivity index (χ3v) is 4.62. The van der Waals surface area contributed by atoms with Gasteiger partial charge in [-0.15, -0.1) is 0 Å². The maximum Gasteiger partial charge on any atom is 0.149 e. The molecule has 2 heterocycles. The standard InChI is InChI=1S/C13H13FN2OS/c1-8-11(5-6-17-8)18-13-9-3-2-4-10(14)12(9)15-7-16-13/h2-4,7-8,11H,5-6H2,1H3. The zero-order valence-corrected chi connectivity index (χ0v) is 10.8. The summed E-state index contributed by atoms with van der Waals surface area (Å²) in [4.78, 5) is 8.28. The number of nitrogens with zero attached hydrogens (tertiary/aromatic N) is 2. The predicted molar refractivity (Wildman–Crippen MR) is 69.2 cm³/mol. The first-order chi connectivity index (χ1) is 8.75. The molecule has 1 aliphatic rings. The van der Waals surface area contributed by atoms with Crippen LogP contribution in [0.2, 0.25) is 0 Å². The number of benzene rings is 1. The Balaban J connectivity index is 1.99. The van der Waals surface area contributed by atoms with Crippen molar-refractivity contribution in [2.45, 2.75) is 29.7 Å². The smallest absolute Gasteiger partial charge is 0.149 e. The van der Waals surface area contributed by atoms with Crippen LogP contribution in [-0.4, -0.2) is 27.9 Å². The van der Waals surface area contributed by atoms with Crippen LogP contribution in [0.1, 0.15) is 13.3 Å². The predicted octanol–water partition coefficient (Wildman–Crippen LogP) is 3.04. The molecule has 3 rings (SSSR count). The molecule has 0 radical (unpaired) electrons. The highest BCUT2D eigenvalue weighted by molar-refractivity contribution is 8.00. The van der Waals surface area contributed by atoms with E-state index in [1.807, 2.05) is 6.07 Å². The normalized spacial score (nSPS) is 23.7. The minimum absolute atomic E-state index is 0.216. The van der Waals surface area contributed by atoms with E-state index in [1.54, 1.807) is 17.8 Å². The maximum absolute atomic E-state index is 13.6. The number of ether oxygens (including phenoxy) is 1. The molecule has 2 aromatic rings. The second-order valence-corrected chi connectivity index (χ2v) is 5.56. The third-order valence-electron chi connectivity index (χ3n) is 3.15. The van der Waals surface area contributed by atoms with Gasteiger partial charge in [-0.3, -0.25) is 0 Å². The Labute approximate surface area is 109 Å². The van der Waals surface area contributed by atoms with E-state index in [2.05, 4.69) is 16.9 Å². The molecule has 2 atom stereocenters. The van der Waals surface area contributed by atoms with Crippen molar-refractivity contribution < 1.29 is 9.13 Å². The van der Waals surface area contributed by atoms with E-state index in [-0.39, 0.29) is 11.9 Å². The van der Waals surface area contributed by atoms with Crippen molar-refractivity contribution in [3.05, 3.63) is 30.3 Å². The molecular formula is C13H13FN2OS. The molecule has 1 aromatic heterocycles. The SMILES string of the molecule is CC1OCCC1Sc1ncnc2c(F)cccc12. The van der Waals surface area contributed by atoms with Crippen LogP contribution >= 0.6 is 11.8 Å². The van der Waals surface area contributed by atoms with Crippen LogP contribution in [0, 0.1) is 5.82 Å². The molecule has 0 saturated carbocycles. The Hall–Kier alpha value is -1.20. The summed E-state index contributed by atoms with van der Waals surface area (Å²) in [6.07, 6.45) is 2.65. The Morgan fingerprint density at radius 2 is 2.28 bits per heavy atom. The molecule has 94 valence electrons. The van der Waals surface area contributed by atoms with Crippen LogP contribution < -0.4 is 0 Å². The Morgan fingerprint density at radius 1 is 1.39 bits per heavy atom. The highest BCUT2D eigenvalue weighted by atomic mass is 32.2. The van der Waals surface area contributed by atoms with Crippen molar-refractivity contribution in [3.8, 4) is 0 Å². The van der Waals surface area contributed by atoms with Crippen LogP contribution in [0.5, 0.6) is 0 Å². The average Bonchev–Trinajstić information content (AvgIpc) is 2.77. The number of hydrogen-bond acceptors (Lipinski definition) is 4. The zero-order valence-electron chi connectivity index (χ0n) is 9.97. The maximum atomic E-state index is 13.6. The number of hydrogen-bond donors (Lipinski definition) is 0. The van der Waals surface area contributed by atoms with Gasteiger partial charge in [0.15, 0.2) is 0 Å². The lowest BCUT2D eigenvalue weighted by Crippen LogP contribution is -2.13. The Kier molecular flexibility index (Phi) is 3.18. The summed E-state index contributed by atoms with van der Waals surface area (Å²) in [7, 11) is 0. The van der Waals surface area contributed by atoms with Crippen molar-refractivity contribution in [1.82, 2.24) is 9.97 Å². The lowest BCUT2D eigenvalue weighted by molar-refractivity contribution is 0.127. The van der Waals surface area contributed by atoms with Crippen molar-refractivity contribution in [2.24, 2.45) is 0 Å². The summed E-state index contributed by atoms with van der Waals surface area (Å²) in [6.45, 7) is 2.85. The fourth-order valence-corrected chi connectivity index (χ4v) is 3.30. The van der Waals surface area contributed by atoms with E-state index in [4.69, 9.17) is 4.74 Å². The molecule has 0 aliphatic carbocycles. The van der Waals surface area contributed by atoms with Gasteiger partial charge in [-0.1, -0.05) is 17.8 Å². The quantitative estimate of drug-likeness (QED) is 0.781. The first-order valence-corrected chi connectivity index (χ1v) is 6.81. The number of aromatic nitrogens is 2. The molecule has 1 aliphatic heterocycles. The van der Waals surface area contributed by atoms with Gasteiger partial charge in [0.25, 0.3) is 0 Å². The van der Waals surface area contributed by atoms with Crippen molar-refractivity contribution >= 4 is 22.7 Å². The van der Waals surface area contributed by atoms with Gasteiger partial charge in [0, 0.05) is 17.2 Å². The summed E-state index contributed by atoms with van der Waals surface area (Å²) in [6, 6.07) is 4.98. The lowest BCUT2D eigenvalue weighted by atomic mass is 10.2. The van der Waals surface area contributed by atoms with Crippen molar-refractivity contribution in [3.63, 3.8) is 0 Å². The van der Waals surface area contributed by atoms with Gasteiger partial charge in [-0.25, -0.2) is 14.4 Å². The zero-order chi connectivity index (χ0) is 12.5. The Morgan fingerprint density at radius 3 is 3.06 bits per heavy atom. The largest absolute Gasteiger partial charge is 0.377 e. The fraction of sp³-hybridized carbons (Fsp3) is 0.385. The number of fused-ring (bicyclic) bond motifs is 1. The second-order valence-electron chi connectivity index (χ2n) is 4.34. The molecule has 3 nitrogen and oxygen atoms in total. The summed E-state index contributed by atoms with van der Waals surface area (Å²) in [5.74, 6) is -0.299. The van der Waals surface area contributed by atoms with E-state index >= 15 is 0 Å². The lowest BCUT2D eigenvalue weighted by Gasteiger charge is -2.13. The first kappa shape index (κ1) is 11.9.